The van der Waals surface area contributed by atoms with Crippen molar-refractivity contribution in [1.29, 1.82) is 0 Å². The first-order valence-corrected chi connectivity index (χ1v) is 5.53. The number of imidazole rings is 1. The predicted molar refractivity (Wildman–Crippen MR) is 58.8 cm³/mol. The highest BCUT2D eigenvalue weighted by Crippen LogP contribution is 2.17. The summed E-state index contributed by atoms with van der Waals surface area (Å²) >= 11 is 0. The zero-order valence-corrected chi connectivity index (χ0v) is 9.48. The van der Waals surface area contributed by atoms with E-state index >= 15 is 0 Å². The van der Waals surface area contributed by atoms with E-state index in [1.54, 1.807) is 0 Å². The Morgan fingerprint density at radius 1 is 1.60 bits per heavy atom. The van der Waals surface area contributed by atoms with Crippen LogP contribution in [0.25, 0.3) is 0 Å². The number of aliphatic hydroxyl groups excluding tert-OH is 1. The maximum absolute atomic E-state index is 9.53. The molecule has 1 aliphatic heterocycles. The average Bonchev–Trinajstić information content (AvgIpc) is 2.57. The molecule has 1 aromatic rings. The number of hydrogen-bond acceptors (Lipinski definition) is 3. The summed E-state index contributed by atoms with van der Waals surface area (Å²) in [5.74, 6) is 1.16. The third-order valence-electron chi connectivity index (χ3n) is 2.93. The Morgan fingerprint density at radius 3 is 3.13 bits per heavy atom. The SMILES string of the molecule is CN(C)CCc1ncc2n1CCC(O)C2. The fourth-order valence-electron chi connectivity index (χ4n) is 2.03. The molecule has 84 valence electrons. The molecule has 1 N–H and O–H groups in total. The molecule has 0 amide bonds. The highest BCUT2D eigenvalue weighted by Gasteiger charge is 2.19. The zero-order chi connectivity index (χ0) is 10.8. The molecule has 1 unspecified atom stereocenters. The van der Waals surface area contributed by atoms with Crippen molar-refractivity contribution in [2.45, 2.75) is 31.9 Å². The van der Waals surface area contributed by atoms with Gasteiger partial charge in [-0.05, 0) is 20.5 Å². The van der Waals surface area contributed by atoms with Crippen LogP contribution in [0.15, 0.2) is 6.20 Å². The van der Waals surface area contributed by atoms with Crippen LogP contribution in [0.4, 0.5) is 0 Å². The minimum Gasteiger partial charge on any atom is -0.393 e. The Labute approximate surface area is 90.5 Å². The van der Waals surface area contributed by atoms with Gasteiger partial charge in [0.1, 0.15) is 5.82 Å². The number of aliphatic hydroxyl groups is 1. The largest absolute Gasteiger partial charge is 0.393 e. The van der Waals surface area contributed by atoms with Crippen LogP contribution < -0.4 is 0 Å². The van der Waals surface area contributed by atoms with Gasteiger partial charge in [0, 0.05) is 37.8 Å². The summed E-state index contributed by atoms with van der Waals surface area (Å²) in [5.41, 5.74) is 1.18. The van der Waals surface area contributed by atoms with Gasteiger partial charge in [0.25, 0.3) is 0 Å². The van der Waals surface area contributed by atoms with Gasteiger partial charge in [-0.2, -0.15) is 0 Å². The van der Waals surface area contributed by atoms with Crippen LogP contribution in [0.1, 0.15) is 17.9 Å². The first kappa shape index (κ1) is 10.6. The van der Waals surface area contributed by atoms with Crippen LogP contribution in [0.3, 0.4) is 0 Å². The lowest BCUT2D eigenvalue weighted by atomic mass is 10.1. The van der Waals surface area contributed by atoms with Crippen molar-refractivity contribution in [3.63, 3.8) is 0 Å². The molecule has 4 heteroatoms. The Balaban J connectivity index is 2.07. The smallest absolute Gasteiger partial charge is 0.110 e. The minimum absolute atomic E-state index is 0.170. The zero-order valence-electron chi connectivity index (χ0n) is 9.48. The summed E-state index contributed by atoms with van der Waals surface area (Å²) in [7, 11) is 4.15. The van der Waals surface area contributed by atoms with Crippen molar-refractivity contribution in [2.24, 2.45) is 0 Å². The fourth-order valence-corrected chi connectivity index (χ4v) is 2.03. The molecule has 0 saturated heterocycles. The first-order valence-electron chi connectivity index (χ1n) is 5.53. The molecule has 0 radical (unpaired) electrons. The molecule has 2 heterocycles. The van der Waals surface area contributed by atoms with E-state index in [9.17, 15) is 5.11 Å². The van der Waals surface area contributed by atoms with E-state index in [0.717, 1.165) is 38.2 Å². The first-order chi connectivity index (χ1) is 7.16. The van der Waals surface area contributed by atoms with Gasteiger partial charge in [-0.3, -0.25) is 0 Å². The lowest BCUT2D eigenvalue weighted by molar-refractivity contribution is 0.142. The van der Waals surface area contributed by atoms with E-state index in [4.69, 9.17) is 0 Å². The molecular formula is C11H19N3O. The summed E-state index contributed by atoms with van der Waals surface area (Å²) in [6.07, 6.45) is 4.35. The molecule has 2 rings (SSSR count). The van der Waals surface area contributed by atoms with Crippen LogP contribution in [-0.4, -0.2) is 46.3 Å². The molecule has 0 spiro atoms. The Morgan fingerprint density at radius 2 is 2.40 bits per heavy atom. The average molecular weight is 209 g/mol. The Hall–Kier alpha value is -0.870. The molecule has 1 atom stereocenters. The second kappa shape index (κ2) is 4.33. The molecule has 0 fully saturated rings. The second-order valence-electron chi connectivity index (χ2n) is 4.52. The van der Waals surface area contributed by atoms with Crippen molar-refractivity contribution < 1.29 is 5.11 Å². The molecule has 0 bridgehead atoms. The van der Waals surface area contributed by atoms with E-state index in [1.807, 2.05) is 6.20 Å². The van der Waals surface area contributed by atoms with E-state index in [2.05, 4.69) is 28.5 Å². The quantitative estimate of drug-likeness (QED) is 0.778. The fraction of sp³-hybridized carbons (Fsp3) is 0.727. The van der Waals surface area contributed by atoms with Gasteiger partial charge in [0.05, 0.1) is 6.10 Å². The molecule has 4 nitrogen and oxygen atoms in total. The van der Waals surface area contributed by atoms with Crippen molar-refractivity contribution in [1.82, 2.24) is 14.5 Å². The Bertz CT molecular complexity index is 333. The predicted octanol–water partition coefficient (Wildman–Crippen LogP) is 0.294. The summed E-state index contributed by atoms with van der Waals surface area (Å²) in [5, 5.41) is 9.53. The van der Waals surface area contributed by atoms with Crippen molar-refractivity contribution in [2.75, 3.05) is 20.6 Å². The van der Waals surface area contributed by atoms with Gasteiger partial charge >= 0.3 is 0 Å². The number of hydrogen-bond donors (Lipinski definition) is 1. The molecule has 0 aromatic carbocycles. The number of fused-ring (bicyclic) bond motifs is 1. The van der Waals surface area contributed by atoms with Crippen LogP contribution in [0.2, 0.25) is 0 Å². The lowest BCUT2D eigenvalue weighted by Crippen LogP contribution is -2.25. The van der Waals surface area contributed by atoms with Crippen LogP contribution >= 0.6 is 0 Å². The van der Waals surface area contributed by atoms with E-state index in [1.165, 1.54) is 5.69 Å². The van der Waals surface area contributed by atoms with E-state index in [-0.39, 0.29) is 6.10 Å². The summed E-state index contributed by atoms with van der Waals surface area (Å²) < 4.78 is 2.26. The maximum atomic E-state index is 9.53. The lowest BCUT2D eigenvalue weighted by Gasteiger charge is -2.21. The summed E-state index contributed by atoms with van der Waals surface area (Å²) in [4.78, 5) is 6.60. The molecule has 1 aromatic heterocycles. The van der Waals surface area contributed by atoms with Gasteiger partial charge in [-0.1, -0.05) is 0 Å². The summed E-state index contributed by atoms with van der Waals surface area (Å²) in [6, 6.07) is 0. The molecule has 0 aliphatic carbocycles. The van der Waals surface area contributed by atoms with Crippen LogP contribution in [0.5, 0.6) is 0 Å². The standard InChI is InChI=1S/C11H19N3O/c1-13(2)5-4-11-12-8-9-7-10(15)3-6-14(9)11/h8,10,15H,3-7H2,1-2H3. The molecule has 15 heavy (non-hydrogen) atoms. The molecule has 0 saturated carbocycles. The highest BCUT2D eigenvalue weighted by atomic mass is 16.3. The normalized spacial score (nSPS) is 20.7. The van der Waals surface area contributed by atoms with Gasteiger partial charge in [0.2, 0.25) is 0 Å². The minimum atomic E-state index is -0.170. The number of rotatable bonds is 3. The maximum Gasteiger partial charge on any atom is 0.110 e. The van der Waals surface area contributed by atoms with Crippen molar-refractivity contribution in [3.8, 4) is 0 Å². The molecule has 1 aliphatic rings. The monoisotopic (exact) mass is 209 g/mol. The number of nitrogens with zero attached hydrogens (tertiary/aromatic N) is 3. The number of likely N-dealkylation sites (N-methyl/N-ethyl adjacent to an activating group) is 1. The third-order valence-corrected chi connectivity index (χ3v) is 2.93. The van der Waals surface area contributed by atoms with E-state index < -0.39 is 0 Å². The van der Waals surface area contributed by atoms with Crippen LogP contribution in [-0.2, 0) is 19.4 Å². The molecular weight excluding hydrogens is 190 g/mol. The topological polar surface area (TPSA) is 41.3 Å². The Kier molecular flexibility index (Phi) is 3.07. The number of aromatic nitrogens is 2. The summed E-state index contributed by atoms with van der Waals surface area (Å²) in [6.45, 7) is 1.94. The van der Waals surface area contributed by atoms with Crippen LogP contribution in [0, 0.1) is 0 Å². The van der Waals surface area contributed by atoms with E-state index in [0.29, 0.717) is 0 Å². The van der Waals surface area contributed by atoms with Gasteiger partial charge in [0.15, 0.2) is 0 Å². The highest BCUT2D eigenvalue weighted by molar-refractivity contribution is 5.09. The second-order valence-corrected chi connectivity index (χ2v) is 4.52. The van der Waals surface area contributed by atoms with Gasteiger partial charge < -0.3 is 14.6 Å². The van der Waals surface area contributed by atoms with Gasteiger partial charge in [-0.25, -0.2) is 4.98 Å². The van der Waals surface area contributed by atoms with Crippen molar-refractivity contribution in [3.05, 3.63) is 17.7 Å². The van der Waals surface area contributed by atoms with Gasteiger partial charge in [-0.15, -0.1) is 0 Å². The van der Waals surface area contributed by atoms with Crippen molar-refractivity contribution >= 4 is 0 Å². The third kappa shape index (κ3) is 2.38.